The van der Waals surface area contributed by atoms with Gasteiger partial charge in [-0.25, -0.2) is 0 Å². The number of carbonyl (C=O) groups is 1. The third-order valence-electron chi connectivity index (χ3n) is 4.51. The van der Waals surface area contributed by atoms with E-state index in [9.17, 15) is 14.3 Å². The molecule has 1 rings (SSSR count). The van der Waals surface area contributed by atoms with Crippen molar-refractivity contribution in [3.8, 4) is 0 Å². The molecule has 2 N–H and O–H groups in total. The molecule has 0 spiro atoms. The second-order valence-corrected chi connectivity index (χ2v) is 8.35. The van der Waals surface area contributed by atoms with Crippen molar-refractivity contribution in [1.82, 2.24) is 0 Å². The summed E-state index contributed by atoms with van der Waals surface area (Å²) in [5, 5.41) is 9.43. The molecule has 6 nitrogen and oxygen atoms in total. The minimum Gasteiger partial charge on any atom is -0.481 e. The third-order valence-corrected chi connectivity index (χ3v) is 5.61. The van der Waals surface area contributed by atoms with Gasteiger partial charge in [0.15, 0.2) is 0 Å². The Balaban J connectivity index is 3.62. The van der Waals surface area contributed by atoms with Crippen molar-refractivity contribution in [2.75, 3.05) is 30.4 Å². The molecule has 0 saturated heterocycles. The maximum Gasteiger partial charge on any atom is 0.303 e. The number of aliphatic carboxylic acids is 1. The summed E-state index contributed by atoms with van der Waals surface area (Å²) >= 11 is 0. The van der Waals surface area contributed by atoms with E-state index in [2.05, 4.69) is 4.90 Å². The Morgan fingerprint density at radius 3 is 2.39 bits per heavy atom. The maximum absolute atomic E-state index is 12.3. The molecule has 0 amide bonds. The van der Waals surface area contributed by atoms with Gasteiger partial charge >= 0.3 is 5.97 Å². The highest BCUT2D eigenvalue weighted by molar-refractivity contribution is 7.50. The number of carboxylic acid groups (broad SMARTS) is 1. The minimum absolute atomic E-state index is 0.0861. The van der Waals surface area contributed by atoms with Crippen molar-refractivity contribution in [1.29, 1.82) is 0 Å². The number of nitrogens with zero attached hydrogens (tertiary/aromatic N) is 2. The van der Waals surface area contributed by atoms with Gasteiger partial charge in [-0.15, -0.1) is 0 Å². The summed E-state index contributed by atoms with van der Waals surface area (Å²) in [7, 11) is 0.939. The van der Waals surface area contributed by atoms with Gasteiger partial charge in [0.25, 0.3) is 0 Å². The lowest BCUT2D eigenvalue weighted by Crippen LogP contribution is -2.33. The van der Waals surface area contributed by atoms with Crippen LogP contribution in [0.25, 0.3) is 5.31 Å². The quantitative estimate of drug-likeness (QED) is 0.435. The smallest absolute Gasteiger partial charge is 0.303 e. The van der Waals surface area contributed by atoms with E-state index in [1.807, 2.05) is 77.0 Å². The van der Waals surface area contributed by atoms with Gasteiger partial charge < -0.3 is 19.8 Å². The molecule has 1 unspecified atom stereocenters. The van der Waals surface area contributed by atoms with Crippen molar-refractivity contribution in [3.63, 3.8) is 0 Å². The highest BCUT2D eigenvalue weighted by Gasteiger charge is 2.21. The molecule has 0 aliphatic carbocycles. The fraction of sp³-hybridized carbons (Fsp3) is 0.476. The SMILES string of the molecule is C/C=C\C(C)=C(\c1ccc(N(C)C)cc1N(CCCC(=O)O)C(C)C)[PH](=O)O. The number of anilines is 2. The normalized spacial score (nSPS) is 13.6. The average Bonchev–Trinajstić information content (AvgIpc) is 2.58. The van der Waals surface area contributed by atoms with Crippen LogP contribution in [0.1, 0.15) is 46.1 Å². The standard InChI is InChI=1S/C21H33N2O4P/c1-7-9-16(4)21(28(26)27)18-12-11-17(22(5)6)14-19(18)23(15(2)3)13-8-10-20(24)25/h7,9,11-12,14-15,28H,8,10,13H2,1-6H3,(H,24,25)(H,26,27)/b9-7-,21-16-. The van der Waals surface area contributed by atoms with E-state index < -0.39 is 14.0 Å². The van der Waals surface area contributed by atoms with E-state index in [0.29, 0.717) is 18.3 Å². The maximum atomic E-state index is 12.3. The van der Waals surface area contributed by atoms with Crippen LogP contribution in [0.3, 0.4) is 0 Å². The Morgan fingerprint density at radius 2 is 1.93 bits per heavy atom. The summed E-state index contributed by atoms with van der Waals surface area (Å²) < 4.78 is 12.3. The lowest BCUT2D eigenvalue weighted by molar-refractivity contribution is -0.137. The number of hydrogen-bond donors (Lipinski definition) is 2. The highest BCUT2D eigenvalue weighted by atomic mass is 31.1. The number of hydrogen-bond acceptors (Lipinski definition) is 4. The number of carboxylic acids is 1. The van der Waals surface area contributed by atoms with Gasteiger partial charge in [0.2, 0.25) is 8.03 Å². The predicted molar refractivity (Wildman–Crippen MR) is 119 cm³/mol. The number of benzene rings is 1. The molecule has 0 bridgehead atoms. The topological polar surface area (TPSA) is 81.1 Å². The Labute approximate surface area is 169 Å². The van der Waals surface area contributed by atoms with Gasteiger partial charge in [0, 0.05) is 55.4 Å². The second kappa shape index (κ2) is 11.1. The zero-order valence-corrected chi connectivity index (χ0v) is 18.7. The van der Waals surface area contributed by atoms with E-state index in [-0.39, 0.29) is 12.5 Å². The molecule has 0 aliphatic heterocycles. The van der Waals surface area contributed by atoms with Crippen LogP contribution in [0.15, 0.2) is 35.9 Å². The van der Waals surface area contributed by atoms with Crippen molar-refractivity contribution in [3.05, 3.63) is 41.5 Å². The summed E-state index contributed by atoms with van der Waals surface area (Å²) in [6.07, 6.45) is 4.27. The van der Waals surface area contributed by atoms with E-state index in [0.717, 1.165) is 22.5 Å². The van der Waals surface area contributed by atoms with Crippen molar-refractivity contribution >= 4 is 30.7 Å². The Bertz CT molecular complexity index is 770. The second-order valence-electron chi connectivity index (χ2n) is 7.24. The first-order valence-corrected chi connectivity index (χ1v) is 10.8. The van der Waals surface area contributed by atoms with Gasteiger partial charge in [0.05, 0.1) is 0 Å². The van der Waals surface area contributed by atoms with Crippen molar-refractivity contribution in [2.45, 2.75) is 46.6 Å². The van der Waals surface area contributed by atoms with Crippen LogP contribution in [0.4, 0.5) is 11.4 Å². The largest absolute Gasteiger partial charge is 0.481 e. The molecule has 0 fully saturated rings. The third kappa shape index (κ3) is 6.54. The summed E-state index contributed by atoms with van der Waals surface area (Å²) in [4.78, 5) is 25.1. The van der Waals surface area contributed by atoms with Crippen LogP contribution >= 0.6 is 8.03 Å². The average molecular weight is 408 g/mol. The van der Waals surface area contributed by atoms with Crippen LogP contribution in [0, 0.1) is 0 Å². The molecular weight excluding hydrogens is 375 g/mol. The molecule has 0 aromatic heterocycles. The molecule has 1 atom stereocenters. The zero-order chi connectivity index (χ0) is 21.4. The Hall–Kier alpha value is -2.04. The lowest BCUT2D eigenvalue weighted by atomic mass is 10.0. The zero-order valence-electron chi connectivity index (χ0n) is 17.7. The molecule has 0 aliphatic rings. The molecule has 0 radical (unpaired) electrons. The Kier molecular flexibility index (Phi) is 9.50. The van der Waals surface area contributed by atoms with E-state index >= 15 is 0 Å². The molecule has 7 heteroatoms. The monoisotopic (exact) mass is 408 g/mol. The van der Waals surface area contributed by atoms with Crippen LogP contribution in [0.2, 0.25) is 0 Å². The summed E-state index contributed by atoms with van der Waals surface area (Å²) in [5.41, 5.74) is 3.29. The van der Waals surface area contributed by atoms with E-state index in [1.165, 1.54) is 0 Å². The van der Waals surface area contributed by atoms with Gasteiger partial charge in [-0.05, 0) is 57.9 Å². The van der Waals surface area contributed by atoms with Crippen LogP contribution in [0.5, 0.6) is 0 Å². The van der Waals surface area contributed by atoms with Crippen LogP contribution < -0.4 is 9.80 Å². The highest BCUT2D eigenvalue weighted by Crippen LogP contribution is 2.45. The predicted octanol–water partition coefficient (Wildman–Crippen LogP) is 4.61. The first-order chi connectivity index (χ1) is 13.1. The summed E-state index contributed by atoms with van der Waals surface area (Å²) in [5.74, 6) is -0.823. The molecule has 1 aromatic rings. The molecule has 156 valence electrons. The number of rotatable bonds is 10. The fourth-order valence-electron chi connectivity index (χ4n) is 3.13. The first kappa shape index (κ1) is 24.0. The summed E-state index contributed by atoms with van der Waals surface area (Å²) in [6.45, 7) is 8.34. The van der Waals surface area contributed by atoms with Gasteiger partial charge in [-0.3, -0.25) is 9.36 Å². The minimum atomic E-state index is -2.95. The van der Waals surface area contributed by atoms with Crippen molar-refractivity contribution in [2.24, 2.45) is 0 Å². The molecule has 1 aromatic carbocycles. The Morgan fingerprint density at radius 1 is 1.29 bits per heavy atom. The number of allylic oxidation sites excluding steroid dienone is 3. The first-order valence-electron chi connectivity index (χ1n) is 9.47. The van der Waals surface area contributed by atoms with E-state index in [4.69, 9.17) is 5.11 Å². The fourth-order valence-corrected chi connectivity index (χ4v) is 4.00. The van der Waals surface area contributed by atoms with Gasteiger partial charge in [-0.1, -0.05) is 12.2 Å². The van der Waals surface area contributed by atoms with E-state index in [1.54, 1.807) is 0 Å². The molecule has 28 heavy (non-hydrogen) atoms. The van der Waals surface area contributed by atoms with Gasteiger partial charge in [0.1, 0.15) is 0 Å². The van der Waals surface area contributed by atoms with Crippen LogP contribution in [-0.4, -0.2) is 42.7 Å². The lowest BCUT2D eigenvalue weighted by Gasteiger charge is -2.32. The summed E-state index contributed by atoms with van der Waals surface area (Å²) in [6, 6.07) is 5.93. The van der Waals surface area contributed by atoms with Gasteiger partial charge in [-0.2, -0.15) is 0 Å². The van der Waals surface area contributed by atoms with Crippen molar-refractivity contribution < 1.29 is 19.4 Å². The molecule has 0 heterocycles. The molecular formula is C21H33N2O4P. The van der Waals surface area contributed by atoms with Crippen LogP contribution in [-0.2, 0) is 9.36 Å². The molecule has 0 saturated carbocycles.